The molecule has 0 radical (unpaired) electrons. The third kappa shape index (κ3) is 3.14. The molecule has 0 aromatic carbocycles. The van der Waals surface area contributed by atoms with Crippen molar-refractivity contribution in [2.24, 2.45) is 18.9 Å². The van der Waals surface area contributed by atoms with E-state index in [0.717, 1.165) is 30.7 Å². The van der Waals surface area contributed by atoms with Crippen molar-refractivity contribution in [1.29, 1.82) is 0 Å². The molecule has 0 saturated heterocycles. The molecule has 1 heterocycles. The number of hydrogen-bond acceptors (Lipinski definition) is 2. The molecule has 0 saturated carbocycles. The molecule has 0 bridgehead atoms. The minimum Gasteiger partial charge on any atom is -0.337 e. The van der Waals surface area contributed by atoms with E-state index in [0.29, 0.717) is 0 Å². The van der Waals surface area contributed by atoms with Crippen molar-refractivity contribution in [2.75, 3.05) is 6.54 Å². The van der Waals surface area contributed by atoms with Gasteiger partial charge in [0.05, 0.1) is 6.54 Å². The number of nitrogens with one attached hydrogen (secondary N) is 1. The Morgan fingerprint density at radius 1 is 1.43 bits per heavy atom. The van der Waals surface area contributed by atoms with Crippen molar-refractivity contribution < 1.29 is 0 Å². The Labute approximate surface area is 86.5 Å². The van der Waals surface area contributed by atoms with Gasteiger partial charge in [0.25, 0.3) is 0 Å². The lowest BCUT2D eigenvalue weighted by Crippen LogP contribution is -2.24. The van der Waals surface area contributed by atoms with Crippen LogP contribution in [0, 0.1) is 11.8 Å². The van der Waals surface area contributed by atoms with E-state index in [1.807, 2.05) is 24.0 Å². The van der Waals surface area contributed by atoms with Crippen LogP contribution in [-0.4, -0.2) is 16.1 Å². The van der Waals surface area contributed by atoms with Gasteiger partial charge in [-0.2, -0.15) is 0 Å². The van der Waals surface area contributed by atoms with Gasteiger partial charge in [0, 0.05) is 19.4 Å². The van der Waals surface area contributed by atoms with Gasteiger partial charge in [-0.3, -0.25) is 0 Å². The Hall–Kier alpha value is -0.830. The van der Waals surface area contributed by atoms with Crippen LogP contribution < -0.4 is 5.32 Å². The van der Waals surface area contributed by atoms with Crippen LogP contribution in [0.1, 0.15) is 26.6 Å². The van der Waals surface area contributed by atoms with Gasteiger partial charge in [0.1, 0.15) is 5.82 Å². The minimum atomic E-state index is 0.718. The summed E-state index contributed by atoms with van der Waals surface area (Å²) in [4.78, 5) is 4.26. The fraction of sp³-hybridized carbons (Fsp3) is 0.727. The molecule has 0 aliphatic carbocycles. The second-order valence-corrected chi connectivity index (χ2v) is 4.31. The largest absolute Gasteiger partial charge is 0.337 e. The molecule has 0 spiro atoms. The SMILES string of the molecule is CC(C)C(C)CNCc1nccn1C. The molecule has 0 amide bonds. The average molecular weight is 195 g/mol. The highest BCUT2D eigenvalue weighted by molar-refractivity contribution is 4.90. The molecule has 1 aromatic heterocycles. The molecule has 1 unspecified atom stereocenters. The van der Waals surface area contributed by atoms with Crippen LogP contribution in [0.15, 0.2) is 12.4 Å². The molecule has 1 N–H and O–H groups in total. The summed E-state index contributed by atoms with van der Waals surface area (Å²) in [5.74, 6) is 2.56. The number of imidazole rings is 1. The van der Waals surface area contributed by atoms with Crippen LogP contribution in [0.4, 0.5) is 0 Å². The van der Waals surface area contributed by atoms with E-state index in [-0.39, 0.29) is 0 Å². The summed E-state index contributed by atoms with van der Waals surface area (Å²) in [5, 5.41) is 3.43. The van der Waals surface area contributed by atoms with Gasteiger partial charge < -0.3 is 9.88 Å². The number of aryl methyl sites for hydroxylation is 1. The zero-order valence-corrected chi connectivity index (χ0v) is 9.62. The minimum absolute atomic E-state index is 0.718. The van der Waals surface area contributed by atoms with Gasteiger partial charge in [-0.1, -0.05) is 20.8 Å². The summed E-state index contributed by atoms with van der Waals surface area (Å²) in [6.45, 7) is 8.71. The lowest BCUT2D eigenvalue weighted by molar-refractivity contribution is 0.389. The number of rotatable bonds is 5. The Kier molecular flexibility index (Phi) is 4.14. The van der Waals surface area contributed by atoms with Crippen LogP contribution in [0.2, 0.25) is 0 Å². The Balaban J connectivity index is 2.25. The van der Waals surface area contributed by atoms with Crippen molar-refractivity contribution in [3.05, 3.63) is 18.2 Å². The summed E-state index contributed by atoms with van der Waals surface area (Å²) >= 11 is 0. The second-order valence-electron chi connectivity index (χ2n) is 4.31. The molecule has 3 heteroatoms. The van der Waals surface area contributed by atoms with Crippen LogP contribution in [-0.2, 0) is 13.6 Å². The normalized spacial score (nSPS) is 13.5. The average Bonchev–Trinajstić information content (AvgIpc) is 2.51. The molecule has 1 aromatic rings. The van der Waals surface area contributed by atoms with E-state index < -0.39 is 0 Å². The molecule has 80 valence electrons. The maximum Gasteiger partial charge on any atom is 0.122 e. The fourth-order valence-electron chi connectivity index (χ4n) is 1.21. The van der Waals surface area contributed by atoms with Crippen molar-refractivity contribution in [3.8, 4) is 0 Å². The summed E-state index contributed by atoms with van der Waals surface area (Å²) in [5.41, 5.74) is 0. The molecule has 1 atom stereocenters. The van der Waals surface area contributed by atoms with Gasteiger partial charge in [-0.05, 0) is 18.4 Å². The molecule has 0 aliphatic heterocycles. The summed E-state index contributed by atoms with van der Waals surface area (Å²) in [6, 6.07) is 0. The summed E-state index contributed by atoms with van der Waals surface area (Å²) < 4.78 is 2.05. The number of nitrogens with zero attached hydrogens (tertiary/aromatic N) is 2. The van der Waals surface area contributed by atoms with Crippen LogP contribution in [0.3, 0.4) is 0 Å². The maximum atomic E-state index is 4.26. The van der Waals surface area contributed by atoms with Gasteiger partial charge in [0.15, 0.2) is 0 Å². The summed E-state index contributed by atoms with van der Waals surface area (Å²) in [7, 11) is 2.02. The zero-order valence-electron chi connectivity index (χ0n) is 9.62. The quantitative estimate of drug-likeness (QED) is 0.776. The third-order valence-corrected chi connectivity index (χ3v) is 2.81. The van der Waals surface area contributed by atoms with Crippen LogP contribution in [0.25, 0.3) is 0 Å². The Morgan fingerprint density at radius 2 is 2.14 bits per heavy atom. The monoisotopic (exact) mass is 195 g/mol. The van der Waals surface area contributed by atoms with E-state index >= 15 is 0 Å². The lowest BCUT2D eigenvalue weighted by atomic mass is 9.98. The first-order valence-corrected chi connectivity index (χ1v) is 5.28. The van der Waals surface area contributed by atoms with E-state index in [2.05, 4.69) is 31.1 Å². The van der Waals surface area contributed by atoms with E-state index in [9.17, 15) is 0 Å². The highest BCUT2D eigenvalue weighted by Crippen LogP contribution is 2.07. The van der Waals surface area contributed by atoms with E-state index in [1.165, 1.54) is 0 Å². The predicted molar refractivity (Wildman–Crippen MR) is 58.9 cm³/mol. The molecule has 0 aliphatic rings. The summed E-state index contributed by atoms with van der Waals surface area (Å²) in [6.07, 6.45) is 3.81. The molecule has 14 heavy (non-hydrogen) atoms. The third-order valence-electron chi connectivity index (χ3n) is 2.81. The highest BCUT2D eigenvalue weighted by atomic mass is 15.1. The molecule has 1 rings (SSSR count). The fourth-order valence-corrected chi connectivity index (χ4v) is 1.21. The Bertz CT molecular complexity index is 265. The first-order chi connectivity index (χ1) is 6.61. The van der Waals surface area contributed by atoms with Crippen LogP contribution in [0.5, 0.6) is 0 Å². The van der Waals surface area contributed by atoms with Crippen LogP contribution >= 0.6 is 0 Å². The van der Waals surface area contributed by atoms with Crippen molar-refractivity contribution >= 4 is 0 Å². The first kappa shape index (κ1) is 11.2. The Morgan fingerprint density at radius 3 is 2.64 bits per heavy atom. The van der Waals surface area contributed by atoms with Crippen molar-refractivity contribution in [3.63, 3.8) is 0 Å². The number of aromatic nitrogens is 2. The topological polar surface area (TPSA) is 29.9 Å². The highest BCUT2D eigenvalue weighted by Gasteiger charge is 2.06. The lowest BCUT2D eigenvalue weighted by Gasteiger charge is -2.15. The number of hydrogen-bond donors (Lipinski definition) is 1. The van der Waals surface area contributed by atoms with Gasteiger partial charge >= 0.3 is 0 Å². The maximum absolute atomic E-state index is 4.26. The van der Waals surface area contributed by atoms with Gasteiger partial charge in [-0.25, -0.2) is 4.98 Å². The van der Waals surface area contributed by atoms with Crippen molar-refractivity contribution in [1.82, 2.24) is 14.9 Å². The molecule has 3 nitrogen and oxygen atoms in total. The zero-order chi connectivity index (χ0) is 10.6. The van der Waals surface area contributed by atoms with Gasteiger partial charge in [-0.15, -0.1) is 0 Å². The molecule has 0 fully saturated rings. The van der Waals surface area contributed by atoms with Gasteiger partial charge in [0.2, 0.25) is 0 Å². The van der Waals surface area contributed by atoms with E-state index in [4.69, 9.17) is 0 Å². The standard InChI is InChI=1S/C11H21N3/c1-9(2)10(3)7-12-8-11-13-5-6-14(11)4/h5-6,9-10,12H,7-8H2,1-4H3. The molecular formula is C11H21N3. The predicted octanol–water partition coefficient (Wildman–Crippen LogP) is 1.80. The smallest absolute Gasteiger partial charge is 0.122 e. The second kappa shape index (κ2) is 5.15. The first-order valence-electron chi connectivity index (χ1n) is 5.28. The van der Waals surface area contributed by atoms with Crippen molar-refractivity contribution in [2.45, 2.75) is 27.3 Å². The molecular weight excluding hydrogens is 174 g/mol. The van der Waals surface area contributed by atoms with E-state index in [1.54, 1.807) is 0 Å².